The van der Waals surface area contributed by atoms with Crippen LogP contribution in [0.25, 0.3) is 0 Å². The van der Waals surface area contributed by atoms with Crippen molar-refractivity contribution in [1.82, 2.24) is 0 Å². The Balaban J connectivity index is 1.81. The average Bonchev–Trinajstić information content (AvgIpc) is 3.04. The van der Waals surface area contributed by atoms with E-state index in [0.29, 0.717) is 5.56 Å². The smallest absolute Gasteiger partial charge is 0.335 e. The zero-order valence-electron chi connectivity index (χ0n) is 12.4. The van der Waals surface area contributed by atoms with Gasteiger partial charge in [0.25, 0.3) is 0 Å². The Morgan fingerprint density at radius 1 is 1.17 bits per heavy atom. The van der Waals surface area contributed by atoms with Crippen LogP contribution in [0.15, 0.2) is 54.6 Å². The maximum absolute atomic E-state index is 14.2. The highest BCUT2D eigenvalue weighted by Gasteiger charge is 2.39. The third kappa shape index (κ3) is 2.22. The van der Waals surface area contributed by atoms with Gasteiger partial charge in [-0.15, -0.1) is 0 Å². The van der Waals surface area contributed by atoms with Gasteiger partial charge in [-0.05, 0) is 42.2 Å². The molecule has 23 heavy (non-hydrogen) atoms. The minimum Gasteiger partial charge on any atom is -0.478 e. The van der Waals surface area contributed by atoms with Crippen LogP contribution in [0.4, 0.5) is 10.1 Å². The lowest BCUT2D eigenvalue weighted by atomic mass is 9.76. The molecular weight excluding hydrogens is 293 g/mol. The molecule has 1 aliphatic carbocycles. The third-order valence-electron chi connectivity index (χ3n) is 4.85. The van der Waals surface area contributed by atoms with E-state index in [4.69, 9.17) is 0 Å². The summed E-state index contributed by atoms with van der Waals surface area (Å²) in [6.07, 6.45) is 5.07. The molecule has 0 spiro atoms. The predicted octanol–water partition coefficient (Wildman–Crippen LogP) is 4.35. The van der Waals surface area contributed by atoms with E-state index in [0.717, 1.165) is 17.7 Å². The highest BCUT2D eigenvalue weighted by Crippen LogP contribution is 2.50. The van der Waals surface area contributed by atoms with Crippen molar-refractivity contribution in [2.75, 3.05) is 5.32 Å². The molecule has 0 radical (unpaired) electrons. The number of anilines is 1. The van der Waals surface area contributed by atoms with Crippen molar-refractivity contribution in [3.8, 4) is 0 Å². The number of rotatable bonds is 2. The molecule has 0 aromatic heterocycles. The molecule has 0 amide bonds. The standard InChI is InChI=1S/C19H16FNO2/c20-16-7-2-1-4-14(16)18-13-6-3-5-12(13)15-10-11(19(22)23)8-9-17(15)21-18/h1-5,7-10,12-13,18,21H,6H2,(H,22,23)/t12-,13-,18+/m0/s1. The van der Waals surface area contributed by atoms with Crippen LogP contribution in [-0.2, 0) is 0 Å². The van der Waals surface area contributed by atoms with Gasteiger partial charge in [0.05, 0.1) is 11.6 Å². The van der Waals surface area contributed by atoms with Crippen LogP contribution < -0.4 is 5.32 Å². The van der Waals surface area contributed by atoms with Gasteiger partial charge in [0.15, 0.2) is 0 Å². The van der Waals surface area contributed by atoms with Crippen molar-refractivity contribution in [3.05, 3.63) is 77.1 Å². The van der Waals surface area contributed by atoms with Gasteiger partial charge in [-0.2, -0.15) is 0 Å². The summed E-state index contributed by atoms with van der Waals surface area (Å²) in [7, 11) is 0. The largest absolute Gasteiger partial charge is 0.478 e. The first-order chi connectivity index (χ1) is 11.1. The molecule has 2 N–H and O–H groups in total. The number of halogens is 1. The van der Waals surface area contributed by atoms with Gasteiger partial charge in [0.1, 0.15) is 5.82 Å². The Morgan fingerprint density at radius 2 is 2.00 bits per heavy atom. The fourth-order valence-electron chi connectivity index (χ4n) is 3.76. The molecule has 0 saturated heterocycles. The van der Waals surface area contributed by atoms with Crippen LogP contribution in [0, 0.1) is 11.7 Å². The van der Waals surface area contributed by atoms with Crippen LogP contribution >= 0.6 is 0 Å². The van der Waals surface area contributed by atoms with Gasteiger partial charge < -0.3 is 10.4 Å². The van der Waals surface area contributed by atoms with Crippen molar-refractivity contribution >= 4 is 11.7 Å². The normalized spacial score (nSPS) is 24.7. The monoisotopic (exact) mass is 309 g/mol. The number of carboxylic acid groups (broad SMARTS) is 1. The first-order valence-corrected chi connectivity index (χ1v) is 7.70. The molecule has 0 fully saturated rings. The number of carbonyl (C=O) groups is 1. The molecule has 3 atom stereocenters. The van der Waals surface area contributed by atoms with Crippen molar-refractivity contribution in [3.63, 3.8) is 0 Å². The second-order valence-corrected chi connectivity index (χ2v) is 6.10. The lowest BCUT2D eigenvalue weighted by molar-refractivity contribution is 0.0696. The summed E-state index contributed by atoms with van der Waals surface area (Å²) < 4.78 is 14.2. The van der Waals surface area contributed by atoms with E-state index in [1.807, 2.05) is 12.1 Å². The lowest BCUT2D eigenvalue weighted by Crippen LogP contribution is -2.29. The molecule has 1 heterocycles. The van der Waals surface area contributed by atoms with Crippen LogP contribution in [0.5, 0.6) is 0 Å². The number of hydrogen-bond donors (Lipinski definition) is 2. The number of nitrogens with one attached hydrogen (secondary N) is 1. The second kappa shape index (κ2) is 5.23. The average molecular weight is 309 g/mol. The Kier molecular flexibility index (Phi) is 3.18. The maximum Gasteiger partial charge on any atom is 0.335 e. The van der Waals surface area contributed by atoms with Crippen molar-refractivity contribution in [2.24, 2.45) is 5.92 Å². The summed E-state index contributed by atoms with van der Waals surface area (Å²) in [5, 5.41) is 12.6. The first kappa shape index (κ1) is 14.0. The van der Waals surface area contributed by atoms with E-state index in [1.54, 1.807) is 24.3 Å². The predicted molar refractivity (Wildman–Crippen MR) is 86.2 cm³/mol. The zero-order chi connectivity index (χ0) is 16.0. The maximum atomic E-state index is 14.2. The Bertz CT molecular complexity index is 815. The molecule has 1 aliphatic heterocycles. The molecule has 0 saturated carbocycles. The van der Waals surface area contributed by atoms with E-state index < -0.39 is 5.97 Å². The Labute approximate surface area is 133 Å². The van der Waals surface area contributed by atoms with E-state index in [9.17, 15) is 14.3 Å². The van der Waals surface area contributed by atoms with E-state index in [1.165, 1.54) is 6.07 Å². The third-order valence-corrected chi connectivity index (χ3v) is 4.85. The van der Waals surface area contributed by atoms with Gasteiger partial charge >= 0.3 is 5.97 Å². The molecule has 4 rings (SSSR count). The summed E-state index contributed by atoms with van der Waals surface area (Å²) in [6, 6.07) is 11.8. The molecule has 0 bridgehead atoms. The van der Waals surface area contributed by atoms with Gasteiger partial charge in [0, 0.05) is 17.2 Å². The van der Waals surface area contributed by atoms with Crippen molar-refractivity contribution in [2.45, 2.75) is 18.4 Å². The molecule has 116 valence electrons. The quantitative estimate of drug-likeness (QED) is 0.811. The van der Waals surface area contributed by atoms with Crippen LogP contribution in [0.1, 0.15) is 39.9 Å². The Morgan fingerprint density at radius 3 is 2.78 bits per heavy atom. The molecule has 2 aliphatic rings. The number of benzene rings is 2. The van der Waals surface area contributed by atoms with Crippen LogP contribution in [0.2, 0.25) is 0 Å². The fourth-order valence-corrected chi connectivity index (χ4v) is 3.76. The van der Waals surface area contributed by atoms with Gasteiger partial charge in [-0.25, -0.2) is 9.18 Å². The topological polar surface area (TPSA) is 49.3 Å². The highest BCUT2D eigenvalue weighted by atomic mass is 19.1. The number of carboxylic acids is 1. The number of fused-ring (bicyclic) bond motifs is 3. The highest BCUT2D eigenvalue weighted by molar-refractivity contribution is 5.89. The number of aromatic carboxylic acids is 1. The summed E-state index contributed by atoms with van der Waals surface area (Å²) >= 11 is 0. The van der Waals surface area contributed by atoms with Crippen LogP contribution in [0.3, 0.4) is 0 Å². The van der Waals surface area contributed by atoms with Crippen molar-refractivity contribution < 1.29 is 14.3 Å². The molecule has 2 aromatic rings. The minimum atomic E-state index is -0.928. The van der Waals surface area contributed by atoms with E-state index in [2.05, 4.69) is 17.5 Å². The van der Waals surface area contributed by atoms with Crippen molar-refractivity contribution in [1.29, 1.82) is 0 Å². The van der Waals surface area contributed by atoms with Crippen LogP contribution in [-0.4, -0.2) is 11.1 Å². The summed E-state index contributed by atoms with van der Waals surface area (Å²) in [6.45, 7) is 0. The molecule has 2 aromatic carbocycles. The van der Waals surface area contributed by atoms with E-state index >= 15 is 0 Å². The van der Waals surface area contributed by atoms with Gasteiger partial charge in [-0.1, -0.05) is 30.4 Å². The summed E-state index contributed by atoms with van der Waals surface area (Å²) in [4.78, 5) is 11.2. The number of hydrogen-bond acceptors (Lipinski definition) is 2. The first-order valence-electron chi connectivity index (χ1n) is 7.70. The Hall–Kier alpha value is -2.62. The molecule has 3 nitrogen and oxygen atoms in total. The lowest BCUT2D eigenvalue weighted by Gasteiger charge is -2.37. The van der Waals surface area contributed by atoms with Gasteiger partial charge in [0.2, 0.25) is 0 Å². The second-order valence-electron chi connectivity index (χ2n) is 6.10. The number of allylic oxidation sites excluding steroid dienone is 2. The van der Waals surface area contributed by atoms with E-state index in [-0.39, 0.29) is 29.3 Å². The molecule has 4 heteroatoms. The zero-order valence-corrected chi connectivity index (χ0v) is 12.4. The summed E-state index contributed by atoms with van der Waals surface area (Å²) in [5.74, 6) is -0.817. The molecular formula is C19H16FNO2. The minimum absolute atomic E-state index is 0.112. The molecule has 0 unspecified atom stereocenters. The SMILES string of the molecule is O=C(O)c1ccc2c(c1)[C@H]1C=CC[C@@H]1[C@H](c1ccccc1F)N2. The summed E-state index contributed by atoms with van der Waals surface area (Å²) in [5.41, 5.74) is 2.82. The van der Waals surface area contributed by atoms with Gasteiger partial charge in [-0.3, -0.25) is 0 Å². The fraction of sp³-hybridized carbons (Fsp3) is 0.211.